The highest BCUT2D eigenvalue weighted by Gasteiger charge is 1.99. The van der Waals surface area contributed by atoms with Crippen molar-refractivity contribution >= 4 is 11.6 Å². The molecule has 0 saturated carbocycles. The summed E-state index contributed by atoms with van der Waals surface area (Å²) in [5.74, 6) is 0.0260. The van der Waals surface area contributed by atoms with E-state index in [0.29, 0.717) is 6.42 Å². The Morgan fingerprint density at radius 1 is 1.40 bits per heavy atom. The molecule has 1 N–H and O–H groups in total. The maximum atomic E-state index is 11.1. The van der Waals surface area contributed by atoms with E-state index in [1.165, 1.54) is 6.42 Å². The number of anilines is 1. The van der Waals surface area contributed by atoms with Crippen LogP contribution in [0.3, 0.4) is 0 Å². The molecule has 0 unspecified atom stereocenters. The second-order valence-corrected chi connectivity index (χ2v) is 3.54. The molecule has 1 amide bonds. The highest BCUT2D eigenvalue weighted by Crippen LogP contribution is 2.08. The van der Waals surface area contributed by atoms with E-state index < -0.39 is 0 Å². The minimum absolute atomic E-state index is 0.0260. The molecule has 1 aromatic heterocycles. The van der Waals surface area contributed by atoms with E-state index in [1.54, 1.807) is 6.20 Å². The monoisotopic (exact) mass is 206 g/mol. The van der Waals surface area contributed by atoms with Gasteiger partial charge in [0, 0.05) is 12.1 Å². The fraction of sp³-hybridized carbons (Fsp3) is 0.500. The Morgan fingerprint density at radius 3 is 2.73 bits per heavy atom. The van der Waals surface area contributed by atoms with Crippen molar-refractivity contribution < 1.29 is 4.79 Å². The van der Waals surface area contributed by atoms with E-state index in [-0.39, 0.29) is 5.91 Å². The summed E-state index contributed by atoms with van der Waals surface area (Å²) in [6, 6.07) is 3.88. The lowest BCUT2D eigenvalue weighted by Crippen LogP contribution is -2.09. The zero-order valence-electron chi connectivity index (χ0n) is 9.42. The van der Waals surface area contributed by atoms with E-state index in [0.717, 1.165) is 24.2 Å². The van der Waals surface area contributed by atoms with Crippen LogP contribution >= 0.6 is 0 Å². The van der Waals surface area contributed by atoms with Crippen molar-refractivity contribution in [2.75, 3.05) is 5.32 Å². The molecule has 0 radical (unpaired) electrons. The van der Waals surface area contributed by atoms with Gasteiger partial charge in [-0.25, -0.2) is 0 Å². The van der Waals surface area contributed by atoms with Crippen LogP contribution in [0, 0.1) is 0 Å². The maximum Gasteiger partial charge on any atom is 0.224 e. The summed E-state index contributed by atoms with van der Waals surface area (Å²) in [6.45, 7) is 3.99. The highest BCUT2D eigenvalue weighted by molar-refractivity contribution is 5.90. The van der Waals surface area contributed by atoms with E-state index in [1.807, 2.05) is 19.1 Å². The molecule has 1 aromatic rings. The second-order valence-electron chi connectivity index (χ2n) is 3.54. The molecular weight excluding hydrogens is 188 g/mol. The Balaban J connectivity index is 2.52. The molecule has 0 aliphatic carbocycles. The predicted octanol–water partition coefficient (Wildman–Crippen LogP) is 2.77. The lowest BCUT2D eigenvalue weighted by atomic mass is 10.2. The van der Waals surface area contributed by atoms with Gasteiger partial charge in [-0.2, -0.15) is 0 Å². The molecule has 3 heteroatoms. The number of rotatable bonds is 5. The highest BCUT2D eigenvalue weighted by atomic mass is 16.1. The molecule has 15 heavy (non-hydrogen) atoms. The maximum absolute atomic E-state index is 11.1. The number of carbonyl (C=O) groups excluding carboxylic acids is 1. The standard InChI is InChI=1S/C12H18N2O/c1-3-5-6-10-7-8-11(9-13-10)14-12(15)4-2/h7-9H,3-6H2,1-2H3,(H,14,15). The molecule has 1 rings (SSSR count). The van der Waals surface area contributed by atoms with Crippen LogP contribution < -0.4 is 5.32 Å². The van der Waals surface area contributed by atoms with Crippen LogP contribution in [0.15, 0.2) is 18.3 Å². The minimum Gasteiger partial charge on any atom is -0.325 e. The first-order chi connectivity index (χ1) is 7.26. The van der Waals surface area contributed by atoms with Gasteiger partial charge < -0.3 is 5.32 Å². The van der Waals surface area contributed by atoms with Crippen molar-refractivity contribution in [3.8, 4) is 0 Å². The number of hydrogen-bond donors (Lipinski definition) is 1. The van der Waals surface area contributed by atoms with E-state index in [9.17, 15) is 4.79 Å². The predicted molar refractivity (Wildman–Crippen MR) is 61.8 cm³/mol. The molecule has 82 valence electrons. The smallest absolute Gasteiger partial charge is 0.224 e. The molecule has 0 atom stereocenters. The van der Waals surface area contributed by atoms with Gasteiger partial charge in [0.2, 0.25) is 5.91 Å². The van der Waals surface area contributed by atoms with Crippen LogP contribution in [0.2, 0.25) is 0 Å². The van der Waals surface area contributed by atoms with Gasteiger partial charge in [-0.3, -0.25) is 9.78 Å². The average molecular weight is 206 g/mol. The van der Waals surface area contributed by atoms with Gasteiger partial charge in [0.1, 0.15) is 0 Å². The molecule has 3 nitrogen and oxygen atoms in total. The summed E-state index contributed by atoms with van der Waals surface area (Å²) in [4.78, 5) is 15.4. The zero-order valence-corrected chi connectivity index (χ0v) is 9.42. The molecule has 0 saturated heterocycles. The minimum atomic E-state index is 0.0260. The number of aromatic nitrogens is 1. The number of pyridine rings is 1. The summed E-state index contributed by atoms with van der Waals surface area (Å²) in [7, 11) is 0. The van der Waals surface area contributed by atoms with Crippen LogP contribution in [-0.4, -0.2) is 10.9 Å². The molecule has 1 heterocycles. The lowest BCUT2D eigenvalue weighted by Gasteiger charge is -2.04. The molecule has 0 aliphatic heterocycles. The van der Waals surface area contributed by atoms with Gasteiger partial charge in [0.05, 0.1) is 11.9 Å². The number of nitrogens with zero attached hydrogens (tertiary/aromatic N) is 1. The number of carbonyl (C=O) groups is 1. The third-order valence-corrected chi connectivity index (χ3v) is 2.22. The Kier molecular flexibility index (Phi) is 4.81. The SMILES string of the molecule is CCCCc1ccc(NC(=O)CC)cn1. The van der Waals surface area contributed by atoms with E-state index in [2.05, 4.69) is 17.2 Å². The van der Waals surface area contributed by atoms with Crippen LogP contribution in [0.1, 0.15) is 38.8 Å². The molecule has 0 spiro atoms. The fourth-order valence-electron chi connectivity index (χ4n) is 1.25. The lowest BCUT2D eigenvalue weighted by molar-refractivity contribution is -0.115. The number of hydrogen-bond acceptors (Lipinski definition) is 2. The van der Waals surface area contributed by atoms with Gasteiger partial charge >= 0.3 is 0 Å². The Bertz CT molecular complexity index is 306. The van der Waals surface area contributed by atoms with Crippen molar-refractivity contribution in [2.45, 2.75) is 39.5 Å². The van der Waals surface area contributed by atoms with Gasteiger partial charge in [0.15, 0.2) is 0 Å². The summed E-state index contributed by atoms with van der Waals surface area (Å²) >= 11 is 0. The molecular formula is C12H18N2O. The van der Waals surface area contributed by atoms with Crippen LogP contribution in [-0.2, 0) is 11.2 Å². The zero-order chi connectivity index (χ0) is 11.1. The Morgan fingerprint density at radius 2 is 2.20 bits per heavy atom. The Labute approximate surface area is 90.9 Å². The van der Waals surface area contributed by atoms with Crippen molar-refractivity contribution in [3.05, 3.63) is 24.0 Å². The average Bonchev–Trinajstić information content (AvgIpc) is 2.28. The first-order valence-corrected chi connectivity index (χ1v) is 5.51. The largest absolute Gasteiger partial charge is 0.325 e. The quantitative estimate of drug-likeness (QED) is 0.804. The summed E-state index contributed by atoms with van der Waals surface area (Å²) in [5.41, 5.74) is 1.87. The topological polar surface area (TPSA) is 42.0 Å². The summed E-state index contributed by atoms with van der Waals surface area (Å²) in [6.07, 6.45) is 5.57. The van der Waals surface area contributed by atoms with Crippen molar-refractivity contribution in [3.63, 3.8) is 0 Å². The second kappa shape index (κ2) is 6.17. The number of amides is 1. The van der Waals surface area contributed by atoms with Crippen molar-refractivity contribution in [1.82, 2.24) is 4.98 Å². The third kappa shape index (κ3) is 4.11. The van der Waals surface area contributed by atoms with Crippen LogP contribution in [0.25, 0.3) is 0 Å². The van der Waals surface area contributed by atoms with Gasteiger partial charge in [-0.1, -0.05) is 20.3 Å². The normalized spacial score (nSPS) is 10.0. The fourth-order valence-corrected chi connectivity index (χ4v) is 1.25. The first kappa shape index (κ1) is 11.7. The molecule has 0 aromatic carbocycles. The van der Waals surface area contributed by atoms with E-state index in [4.69, 9.17) is 0 Å². The molecule has 0 aliphatic rings. The first-order valence-electron chi connectivity index (χ1n) is 5.51. The summed E-state index contributed by atoms with van der Waals surface area (Å²) in [5, 5.41) is 2.77. The molecule has 0 bridgehead atoms. The Hall–Kier alpha value is -1.38. The van der Waals surface area contributed by atoms with Gasteiger partial charge in [-0.05, 0) is 25.0 Å². The summed E-state index contributed by atoms with van der Waals surface area (Å²) < 4.78 is 0. The van der Waals surface area contributed by atoms with Crippen molar-refractivity contribution in [1.29, 1.82) is 0 Å². The van der Waals surface area contributed by atoms with Crippen LogP contribution in [0.4, 0.5) is 5.69 Å². The third-order valence-electron chi connectivity index (χ3n) is 2.22. The number of aryl methyl sites for hydroxylation is 1. The molecule has 0 fully saturated rings. The number of nitrogens with one attached hydrogen (secondary N) is 1. The van der Waals surface area contributed by atoms with Crippen molar-refractivity contribution in [2.24, 2.45) is 0 Å². The van der Waals surface area contributed by atoms with Gasteiger partial charge in [0.25, 0.3) is 0 Å². The van der Waals surface area contributed by atoms with E-state index >= 15 is 0 Å². The number of unbranched alkanes of at least 4 members (excludes halogenated alkanes) is 1. The van der Waals surface area contributed by atoms with Crippen LogP contribution in [0.5, 0.6) is 0 Å². The van der Waals surface area contributed by atoms with Gasteiger partial charge in [-0.15, -0.1) is 0 Å².